The predicted octanol–water partition coefficient (Wildman–Crippen LogP) is 2.09. The highest BCUT2D eigenvalue weighted by atomic mass is 16.5. The van der Waals surface area contributed by atoms with E-state index in [0.29, 0.717) is 25.2 Å². The molecular weight excluding hydrogens is 242 g/mol. The van der Waals surface area contributed by atoms with Gasteiger partial charge in [0.05, 0.1) is 13.2 Å². The zero-order chi connectivity index (χ0) is 13.5. The third kappa shape index (κ3) is 4.11. The van der Waals surface area contributed by atoms with E-state index in [1.54, 1.807) is 0 Å². The normalized spacial score (nSPS) is 20.2. The highest BCUT2D eigenvalue weighted by Gasteiger charge is 2.24. The smallest absolute Gasteiger partial charge is 0.119 e. The topological polar surface area (TPSA) is 39.7 Å². The van der Waals surface area contributed by atoms with Crippen molar-refractivity contribution in [1.82, 2.24) is 5.32 Å². The summed E-state index contributed by atoms with van der Waals surface area (Å²) in [6, 6.07) is 8.11. The average Bonchev–Trinajstić information content (AvgIpc) is 2.96. The van der Waals surface area contributed by atoms with Crippen LogP contribution in [0.15, 0.2) is 24.3 Å². The molecule has 0 radical (unpaired) electrons. The van der Waals surface area contributed by atoms with Gasteiger partial charge in [-0.05, 0) is 44.7 Å². The number of hydrogen-bond acceptors (Lipinski definition) is 4. The number of rotatable bonds is 7. The van der Waals surface area contributed by atoms with E-state index < -0.39 is 0 Å². The molecule has 0 saturated carbocycles. The Bertz CT molecular complexity index is 360. The minimum Gasteiger partial charge on any atom is -0.494 e. The molecule has 0 aliphatic carbocycles. The molecule has 1 fully saturated rings. The number of ether oxygens (including phenoxy) is 3. The van der Waals surface area contributed by atoms with Gasteiger partial charge in [0.2, 0.25) is 0 Å². The predicted molar refractivity (Wildman–Crippen MR) is 74.9 cm³/mol. The summed E-state index contributed by atoms with van der Waals surface area (Å²) in [7, 11) is 1.98. The number of nitrogens with one attached hydrogen (secondary N) is 1. The first kappa shape index (κ1) is 14.2. The molecule has 4 nitrogen and oxygen atoms in total. The molecule has 1 aliphatic heterocycles. The summed E-state index contributed by atoms with van der Waals surface area (Å²) in [6.07, 6.45) is 1.11. The van der Waals surface area contributed by atoms with Crippen LogP contribution in [0.2, 0.25) is 0 Å². The minimum atomic E-state index is 0.342. The van der Waals surface area contributed by atoms with E-state index in [1.807, 2.05) is 38.2 Å². The van der Waals surface area contributed by atoms with Crippen LogP contribution in [0, 0.1) is 5.92 Å². The summed E-state index contributed by atoms with van der Waals surface area (Å²) in [4.78, 5) is 0. The Labute approximate surface area is 115 Å². The average molecular weight is 265 g/mol. The molecule has 1 saturated heterocycles. The SMILES string of the molecule is CCOc1ccc(OCC(NC)C2CCOC2)cc1. The first-order chi connectivity index (χ1) is 9.33. The summed E-state index contributed by atoms with van der Waals surface area (Å²) in [6.45, 7) is 5.03. The summed E-state index contributed by atoms with van der Waals surface area (Å²) in [5.41, 5.74) is 0. The van der Waals surface area contributed by atoms with Crippen LogP contribution in [0.3, 0.4) is 0 Å². The van der Waals surface area contributed by atoms with Gasteiger partial charge in [-0.25, -0.2) is 0 Å². The molecule has 0 bridgehead atoms. The fourth-order valence-electron chi connectivity index (χ4n) is 2.31. The molecule has 2 atom stereocenters. The second-order valence-electron chi connectivity index (χ2n) is 4.73. The van der Waals surface area contributed by atoms with E-state index in [2.05, 4.69) is 5.32 Å². The van der Waals surface area contributed by atoms with E-state index >= 15 is 0 Å². The minimum absolute atomic E-state index is 0.342. The van der Waals surface area contributed by atoms with Crippen molar-refractivity contribution < 1.29 is 14.2 Å². The number of likely N-dealkylation sites (N-methyl/N-ethyl adjacent to an activating group) is 1. The van der Waals surface area contributed by atoms with Crippen LogP contribution in [0.4, 0.5) is 0 Å². The van der Waals surface area contributed by atoms with E-state index in [-0.39, 0.29) is 0 Å². The van der Waals surface area contributed by atoms with Gasteiger partial charge in [-0.1, -0.05) is 0 Å². The molecule has 1 N–H and O–H groups in total. The number of hydrogen-bond donors (Lipinski definition) is 1. The fourth-order valence-corrected chi connectivity index (χ4v) is 2.31. The second-order valence-corrected chi connectivity index (χ2v) is 4.73. The van der Waals surface area contributed by atoms with Crippen LogP contribution in [0.25, 0.3) is 0 Å². The van der Waals surface area contributed by atoms with Gasteiger partial charge in [0.1, 0.15) is 18.1 Å². The van der Waals surface area contributed by atoms with Gasteiger partial charge in [0, 0.05) is 18.6 Å². The molecule has 2 rings (SSSR count). The first-order valence-corrected chi connectivity index (χ1v) is 6.94. The largest absolute Gasteiger partial charge is 0.494 e. The van der Waals surface area contributed by atoms with E-state index in [1.165, 1.54) is 0 Å². The number of benzene rings is 1. The van der Waals surface area contributed by atoms with Crippen molar-refractivity contribution in [2.24, 2.45) is 5.92 Å². The lowest BCUT2D eigenvalue weighted by Crippen LogP contribution is -2.39. The van der Waals surface area contributed by atoms with Crippen LogP contribution in [-0.2, 0) is 4.74 Å². The maximum atomic E-state index is 5.83. The van der Waals surface area contributed by atoms with Crippen LogP contribution < -0.4 is 14.8 Å². The Morgan fingerprint density at radius 2 is 1.95 bits per heavy atom. The van der Waals surface area contributed by atoms with Crippen LogP contribution in [0.5, 0.6) is 11.5 Å². The van der Waals surface area contributed by atoms with Gasteiger partial charge in [-0.3, -0.25) is 0 Å². The Morgan fingerprint density at radius 3 is 2.47 bits per heavy atom. The third-order valence-corrected chi connectivity index (χ3v) is 3.47. The summed E-state index contributed by atoms with van der Waals surface area (Å²) in [5, 5.41) is 3.32. The lowest BCUT2D eigenvalue weighted by atomic mass is 10.00. The monoisotopic (exact) mass is 265 g/mol. The maximum absolute atomic E-state index is 5.83. The molecular formula is C15H23NO3. The van der Waals surface area contributed by atoms with Crippen molar-refractivity contribution >= 4 is 0 Å². The molecule has 4 heteroatoms. The zero-order valence-electron chi connectivity index (χ0n) is 11.7. The maximum Gasteiger partial charge on any atom is 0.119 e. The second kappa shape index (κ2) is 7.36. The van der Waals surface area contributed by atoms with Crippen molar-refractivity contribution in [3.8, 4) is 11.5 Å². The zero-order valence-corrected chi connectivity index (χ0v) is 11.7. The molecule has 0 amide bonds. The van der Waals surface area contributed by atoms with E-state index in [4.69, 9.17) is 14.2 Å². The van der Waals surface area contributed by atoms with Crippen molar-refractivity contribution in [3.05, 3.63) is 24.3 Å². The van der Waals surface area contributed by atoms with Crippen molar-refractivity contribution in [1.29, 1.82) is 0 Å². The molecule has 0 aromatic heterocycles. The van der Waals surface area contributed by atoms with E-state index in [0.717, 1.165) is 31.1 Å². The first-order valence-electron chi connectivity index (χ1n) is 6.94. The summed E-state index contributed by atoms with van der Waals surface area (Å²) < 4.78 is 16.7. The van der Waals surface area contributed by atoms with Gasteiger partial charge in [0.25, 0.3) is 0 Å². The van der Waals surface area contributed by atoms with Gasteiger partial charge in [0.15, 0.2) is 0 Å². The molecule has 0 spiro atoms. The van der Waals surface area contributed by atoms with Crippen molar-refractivity contribution in [2.45, 2.75) is 19.4 Å². The molecule has 1 aliphatic rings. The van der Waals surface area contributed by atoms with Crippen LogP contribution >= 0.6 is 0 Å². The van der Waals surface area contributed by atoms with Crippen molar-refractivity contribution in [2.75, 3.05) is 33.5 Å². The summed E-state index contributed by atoms with van der Waals surface area (Å²) >= 11 is 0. The Balaban J connectivity index is 1.82. The highest BCUT2D eigenvalue weighted by Crippen LogP contribution is 2.20. The Morgan fingerprint density at radius 1 is 1.26 bits per heavy atom. The van der Waals surface area contributed by atoms with Gasteiger partial charge in [-0.15, -0.1) is 0 Å². The molecule has 1 aromatic rings. The van der Waals surface area contributed by atoms with Crippen molar-refractivity contribution in [3.63, 3.8) is 0 Å². The van der Waals surface area contributed by atoms with Gasteiger partial charge < -0.3 is 19.5 Å². The highest BCUT2D eigenvalue weighted by molar-refractivity contribution is 5.31. The third-order valence-electron chi connectivity index (χ3n) is 3.47. The van der Waals surface area contributed by atoms with Gasteiger partial charge in [-0.2, -0.15) is 0 Å². The van der Waals surface area contributed by atoms with Gasteiger partial charge >= 0.3 is 0 Å². The Hall–Kier alpha value is -1.26. The molecule has 1 heterocycles. The molecule has 2 unspecified atom stereocenters. The molecule has 1 aromatic carbocycles. The quantitative estimate of drug-likeness (QED) is 0.819. The van der Waals surface area contributed by atoms with E-state index in [9.17, 15) is 0 Å². The van der Waals surface area contributed by atoms with Crippen LogP contribution in [0.1, 0.15) is 13.3 Å². The summed E-state index contributed by atoms with van der Waals surface area (Å²) in [5.74, 6) is 2.31. The fraction of sp³-hybridized carbons (Fsp3) is 0.600. The molecule has 106 valence electrons. The molecule has 19 heavy (non-hydrogen) atoms. The lowest BCUT2D eigenvalue weighted by Gasteiger charge is -2.22. The lowest BCUT2D eigenvalue weighted by molar-refractivity contribution is 0.162. The van der Waals surface area contributed by atoms with Crippen LogP contribution in [-0.4, -0.2) is 39.5 Å². The standard InChI is InChI=1S/C15H23NO3/c1-3-18-13-4-6-14(7-5-13)19-11-15(16-2)12-8-9-17-10-12/h4-7,12,15-16H,3,8-11H2,1-2H3. The Kier molecular flexibility index (Phi) is 5.48.